The van der Waals surface area contributed by atoms with Gasteiger partial charge in [-0.05, 0) is 35.7 Å². The summed E-state index contributed by atoms with van der Waals surface area (Å²) in [6.07, 6.45) is 1.23. The molecule has 0 unspecified atom stereocenters. The van der Waals surface area contributed by atoms with E-state index in [1.54, 1.807) is 0 Å². The van der Waals surface area contributed by atoms with E-state index in [2.05, 4.69) is 5.32 Å². The van der Waals surface area contributed by atoms with Crippen molar-refractivity contribution in [3.05, 3.63) is 96.9 Å². The smallest absolute Gasteiger partial charge is 0.274 e. The quantitative estimate of drug-likeness (QED) is 0.408. The SMILES string of the molecule is O=C(NCc1ccc(F)c(Cl)c1F)c1cn2c(c(O)c1=O)C(=O)N1Cc3cc(F)c(F)cc3C[C@@H]2C1. The normalized spacial score (nSPS) is 16.3. The molecule has 36 heavy (non-hydrogen) atoms. The third kappa shape index (κ3) is 3.79. The monoisotopic (exact) mass is 521 g/mol. The number of hydrogen-bond acceptors (Lipinski definition) is 4. The number of carbonyl (C=O) groups is 2. The van der Waals surface area contributed by atoms with E-state index < -0.39 is 69.4 Å². The Morgan fingerprint density at radius 1 is 1.08 bits per heavy atom. The molecule has 3 aromatic rings. The molecule has 2 amide bonds. The molecule has 0 aliphatic carbocycles. The van der Waals surface area contributed by atoms with E-state index in [-0.39, 0.29) is 30.8 Å². The van der Waals surface area contributed by atoms with Crippen LogP contribution in [0.25, 0.3) is 0 Å². The lowest BCUT2D eigenvalue weighted by molar-refractivity contribution is 0.0653. The molecule has 2 aliphatic heterocycles. The van der Waals surface area contributed by atoms with Crippen LogP contribution in [0.15, 0.2) is 35.3 Å². The number of pyridine rings is 1. The second kappa shape index (κ2) is 8.66. The van der Waals surface area contributed by atoms with E-state index in [0.29, 0.717) is 11.1 Å². The van der Waals surface area contributed by atoms with Crippen molar-refractivity contribution >= 4 is 23.4 Å². The maximum Gasteiger partial charge on any atom is 0.274 e. The van der Waals surface area contributed by atoms with Gasteiger partial charge < -0.3 is 19.9 Å². The fourth-order valence-electron chi connectivity index (χ4n) is 4.55. The number of rotatable bonds is 3. The van der Waals surface area contributed by atoms with Crippen LogP contribution in [0.3, 0.4) is 0 Å². The third-order valence-electron chi connectivity index (χ3n) is 6.38. The van der Waals surface area contributed by atoms with Gasteiger partial charge in [0.15, 0.2) is 23.1 Å². The minimum Gasteiger partial charge on any atom is -0.503 e. The van der Waals surface area contributed by atoms with Crippen molar-refractivity contribution in [3.8, 4) is 5.75 Å². The number of aromatic hydroxyl groups is 1. The van der Waals surface area contributed by atoms with Crippen LogP contribution in [0.1, 0.15) is 43.6 Å². The number of aromatic nitrogens is 1. The summed E-state index contributed by atoms with van der Waals surface area (Å²) >= 11 is 5.54. The van der Waals surface area contributed by atoms with Crippen LogP contribution < -0.4 is 10.7 Å². The minimum absolute atomic E-state index is 0.0521. The van der Waals surface area contributed by atoms with Crippen molar-refractivity contribution in [2.75, 3.05) is 6.54 Å². The second-order valence-corrected chi connectivity index (χ2v) is 8.95. The lowest BCUT2D eigenvalue weighted by atomic mass is 10.0. The van der Waals surface area contributed by atoms with E-state index in [1.165, 1.54) is 9.47 Å². The zero-order valence-corrected chi connectivity index (χ0v) is 19.0. The van der Waals surface area contributed by atoms with Crippen molar-refractivity contribution in [2.45, 2.75) is 25.6 Å². The molecule has 2 aliphatic rings. The molecule has 0 radical (unpaired) electrons. The molecule has 186 valence electrons. The summed E-state index contributed by atoms with van der Waals surface area (Å²) in [5.41, 5.74) is -1.32. The number of fused-ring (bicyclic) bond motifs is 5. The molecule has 5 rings (SSSR count). The molecule has 12 heteroatoms. The number of nitrogens with zero attached hydrogens (tertiary/aromatic N) is 2. The second-order valence-electron chi connectivity index (χ2n) is 8.57. The molecule has 2 bridgehead atoms. The maximum atomic E-state index is 14.2. The zero-order valence-electron chi connectivity index (χ0n) is 18.2. The Balaban J connectivity index is 1.51. The molecule has 0 saturated heterocycles. The summed E-state index contributed by atoms with van der Waals surface area (Å²) in [5.74, 6) is -6.83. The van der Waals surface area contributed by atoms with Gasteiger partial charge in [0.05, 0.1) is 6.04 Å². The summed E-state index contributed by atoms with van der Waals surface area (Å²) < 4.78 is 56.5. The van der Waals surface area contributed by atoms with Crippen LogP contribution in [0.5, 0.6) is 5.75 Å². The summed E-state index contributed by atoms with van der Waals surface area (Å²) in [6, 6.07) is 3.44. The number of carbonyl (C=O) groups excluding carboxylic acids is 2. The Morgan fingerprint density at radius 3 is 2.50 bits per heavy atom. The van der Waals surface area contributed by atoms with Crippen molar-refractivity contribution in [1.29, 1.82) is 0 Å². The molecule has 0 fully saturated rings. The summed E-state index contributed by atoms with van der Waals surface area (Å²) in [4.78, 5) is 39.9. The van der Waals surface area contributed by atoms with E-state index in [1.807, 2.05) is 0 Å². The molecule has 1 atom stereocenters. The first-order valence-electron chi connectivity index (χ1n) is 10.7. The van der Waals surface area contributed by atoms with Gasteiger partial charge in [0.25, 0.3) is 11.8 Å². The van der Waals surface area contributed by atoms with Crippen LogP contribution in [-0.4, -0.2) is 32.9 Å². The molecular formula is C24H16ClF4N3O4. The Morgan fingerprint density at radius 2 is 1.78 bits per heavy atom. The number of nitrogens with one attached hydrogen (secondary N) is 1. The lowest BCUT2D eigenvalue weighted by Crippen LogP contribution is -2.44. The minimum atomic E-state index is -1.13. The van der Waals surface area contributed by atoms with Gasteiger partial charge in [-0.15, -0.1) is 0 Å². The molecule has 1 aromatic heterocycles. The number of halogens is 5. The molecule has 3 heterocycles. The van der Waals surface area contributed by atoms with Gasteiger partial charge >= 0.3 is 0 Å². The Labute approximate surface area is 205 Å². The Bertz CT molecular complexity index is 1520. The van der Waals surface area contributed by atoms with Gasteiger partial charge in [-0.2, -0.15) is 0 Å². The predicted molar refractivity (Wildman–Crippen MR) is 119 cm³/mol. The zero-order chi connectivity index (χ0) is 25.9. The first kappa shape index (κ1) is 23.9. The van der Waals surface area contributed by atoms with Crippen molar-refractivity contribution in [2.24, 2.45) is 0 Å². The highest BCUT2D eigenvalue weighted by Gasteiger charge is 2.38. The molecule has 0 saturated carbocycles. The molecular weight excluding hydrogens is 506 g/mol. The number of amides is 2. The highest BCUT2D eigenvalue weighted by Crippen LogP contribution is 2.34. The van der Waals surface area contributed by atoms with Crippen molar-refractivity contribution in [1.82, 2.24) is 14.8 Å². The molecule has 2 N–H and O–H groups in total. The fraction of sp³-hybridized carbons (Fsp3) is 0.208. The van der Waals surface area contributed by atoms with Crippen LogP contribution in [0.4, 0.5) is 17.6 Å². The first-order chi connectivity index (χ1) is 17.1. The van der Waals surface area contributed by atoms with Crippen molar-refractivity contribution < 1.29 is 32.3 Å². The van der Waals surface area contributed by atoms with Crippen LogP contribution >= 0.6 is 11.6 Å². The maximum absolute atomic E-state index is 14.2. The van der Waals surface area contributed by atoms with E-state index in [4.69, 9.17) is 11.6 Å². The third-order valence-corrected chi connectivity index (χ3v) is 6.73. The van der Waals surface area contributed by atoms with Crippen LogP contribution in [0.2, 0.25) is 5.02 Å². The highest BCUT2D eigenvalue weighted by molar-refractivity contribution is 6.30. The Hall–Kier alpha value is -3.86. The standard InChI is InChI=1S/C24H16ClF4N3O4/c25-18-15(26)2-1-10(19(18)29)6-30-23(35)14-9-32-13-3-11-4-16(27)17(28)5-12(11)7-31(8-13)24(36)20(32)22(34)21(14)33/h1-2,4-5,9,13,34H,3,6-8H2,(H,30,35)/t13-/m1/s1. The number of hydrogen-bond donors (Lipinski definition) is 2. The summed E-state index contributed by atoms with van der Waals surface area (Å²) in [5, 5.41) is 12.2. The fourth-order valence-corrected chi connectivity index (χ4v) is 4.74. The predicted octanol–water partition coefficient (Wildman–Crippen LogP) is 3.45. The topological polar surface area (TPSA) is 91.6 Å². The van der Waals surface area contributed by atoms with Crippen LogP contribution in [-0.2, 0) is 19.5 Å². The number of benzene rings is 2. The summed E-state index contributed by atoms with van der Waals surface area (Å²) in [7, 11) is 0. The average molecular weight is 522 g/mol. The highest BCUT2D eigenvalue weighted by atomic mass is 35.5. The van der Waals surface area contributed by atoms with E-state index >= 15 is 0 Å². The van der Waals surface area contributed by atoms with E-state index in [9.17, 15) is 37.1 Å². The Kier molecular flexibility index (Phi) is 5.74. The van der Waals surface area contributed by atoms with Gasteiger partial charge in [0.2, 0.25) is 5.43 Å². The summed E-state index contributed by atoms with van der Waals surface area (Å²) in [6.45, 7) is -0.392. The first-order valence-corrected chi connectivity index (χ1v) is 11.1. The van der Waals surface area contributed by atoms with Crippen molar-refractivity contribution in [3.63, 3.8) is 0 Å². The van der Waals surface area contributed by atoms with E-state index in [0.717, 1.165) is 30.5 Å². The lowest BCUT2D eigenvalue weighted by Gasteiger charge is -2.34. The molecule has 2 aromatic carbocycles. The van der Waals surface area contributed by atoms with Gasteiger partial charge in [0.1, 0.15) is 22.2 Å². The molecule has 7 nitrogen and oxygen atoms in total. The largest absolute Gasteiger partial charge is 0.503 e. The molecule has 0 spiro atoms. The van der Waals surface area contributed by atoms with Gasteiger partial charge in [0, 0.05) is 31.4 Å². The van der Waals surface area contributed by atoms with Gasteiger partial charge in [-0.25, -0.2) is 17.6 Å². The van der Waals surface area contributed by atoms with Crippen LogP contribution in [0, 0.1) is 23.3 Å². The average Bonchev–Trinajstić information content (AvgIpc) is 3.00. The van der Waals surface area contributed by atoms with Gasteiger partial charge in [-0.1, -0.05) is 17.7 Å². The van der Waals surface area contributed by atoms with Gasteiger partial charge in [-0.3, -0.25) is 14.4 Å².